The summed E-state index contributed by atoms with van der Waals surface area (Å²) in [4.78, 5) is 23.3. The van der Waals surface area contributed by atoms with Gasteiger partial charge >= 0.3 is 5.69 Å². The Kier molecular flexibility index (Phi) is 8.22. The fourth-order valence-corrected chi connectivity index (χ4v) is 4.60. The number of carbonyl (C=O) groups is 1. The van der Waals surface area contributed by atoms with Gasteiger partial charge in [0.2, 0.25) is 0 Å². The molecule has 0 saturated heterocycles. The van der Waals surface area contributed by atoms with Crippen LogP contribution in [-0.4, -0.2) is 46.2 Å². The average molecular weight is 513 g/mol. The molecule has 0 unspecified atom stereocenters. The van der Waals surface area contributed by atoms with E-state index in [1.807, 2.05) is 6.92 Å². The van der Waals surface area contributed by atoms with Crippen molar-refractivity contribution in [3.63, 3.8) is 0 Å². The minimum absolute atomic E-state index is 0.0192. The van der Waals surface area contributed by atoms with E-state index in [0.717, 1.165) is 9.87 Å². The van der Waals surface area contributed by atoms with E-state index in [1.165, 1.54) is 62.9 Å². The highest BCUT2D eigenvalue weighted by molar-refractivity contribution is 7.92. The Morgan fingerprint density at radius 1 is 1.06 bits per heavy atom. The van der Waals surface area contributed by atoms with Gasteiger partial charge in [-0.15, -0.1) is 0 Å². The molecular weight excluding hydrogens is 488 g/mol. The third-order valence-electron chi connectivity index (χ3n) is 5.06. The number of nitro groups is 1. The van der Waals surface area contributed by atoms with E-state index in [4.69, 9.17) is 9.47 Å². The van der Waals surface area contributed by atoms with E-state index >= 15 is 0 Å². The normalized spacial score (nSPS) is 11.2. The second-order valence-corrected chi connectivity index (χ2v) is 9.37. The summed E-state index contributed by atoms with van der Waals surface area (Å²) in [6.45, 7) is 1.27. The van der Waals surface area contributed by atoms with E-state index in [2.05, 4.69) is 10.5 Å². The number of hydrogen-bond acceptors (Lipinski definition) is 8. The largest absolute Gasteiger partial charge is 0.497 e. The van der Waals surface area contributed by atoms with Gasteiger partial charge in [-0.2, -0.15) is 5.10 Å². The maximum absolute atomic E-state index is 13.4. The molecule has 1 amide bonds. The van der Waals surface area contributed by atoms with Crippen molar-refractivity contribution in [3.05, 3.63) is 88.0 Å². The SMILES string of the molecule is COc1ccc(N(CC(=O)N/N=C\c2ccc(OC)c([N+](=O)[O-])c2)S(=O)(=O)c2ccc(C)cc2)cc1. The number of hydrogen-bond donors (Lipinski definition) is 1. The van der Waals surface area contributed by atoms with Gasteiger partial charge in [-0.05, 0) is 55.5 Å². The molecule has 11 nitrogen and oxygen atoms in total. The predicted octanol–water partition coefficient (Wildman–Crippen LogP) is 3.27. The number of aryl methyl sites for hydroxylation is 1. The number of amides is 1. The summed E-state index contributed by atoms with van der Waals surface area (Å²) in [5.74, 6) is -0.118. The summed E-state index contributed by atoms with van der Waals surface area (Å²) in [5.41, 5.74) is 3.47. The van der Waals surface area contributed by atoms with Crippen LogP contribution in [0.5, 0.6) is 11.5 Å². The Labute approximate surface area is 208 Å². The molecule has 0 aliphatic heterocycles. The molecule has 0 radical (unpaired) electrons. The van der Waals surface area contributed by atoms with Crippen molar-refractivity contribution < 1.29 is 27.6 Å². The summed E-state index contributed by atoms with van der Waals surface area (Å²) in [6.07, 6.45) is 1.20. The summed E-state index contributed by atoms with van der Waals surface area (Å²) in [5, 5.41) is 15.0. The van der Waals surface area contributed by atoms with E-state index in [-0.39, 0.29) is 22.0 Å². The second kappa shape index (κ2) is 11.3. The van der Waals surface area contributed by atoms with Crippen LogP contribution in [0, 0.1) is 17.0 Å². The van der Waals surface area contributed by atoms with E-state index in [1.54, 1.807) is 24.3 Å². The van der Waals surface area contributed by atoms with Crippen LogP contribution in [0.3, 0.4) is 0 Å². The zero-order chi connectivity index (χ0) is 26.3. The van der Waals surface area contributed by atoms with Crippen LogP contribution in [-0.2, 0) is 14.8 Å². The lowest BCUT2D eigenvalue weighted by Gasteiger charge is -2.24. The molecule has 0 aliphatic rings. The molecule has 3 aromatic carbocycles. The summed E-state index contributed by atoms with van der Waals surface area (Å²) in [6, 6.07) is 16.6. The molecule has 0 atom stereocenters. The van der Waals surface area contributed by atoms with Gasteiger partial charge in [-0.3, -0.25) is 19.2 Å². The third-order valence-corrected chi connectivity index (χ3v) is 6.85. The monoisotopic (exact) mass is 512 g/mol. The number of rotatable bonds is 10. The number of benzene rings is 3. The molecule has 0 spiro atoms. The summed E-state index contributed by atoms with van der Waals surface area (Å²) < 4.78 is 37.8. The maximum Gasteiger partial charge on any atom is 0.311 e. The van der Waals surface area contributed by atoms with Crippen LogP contribution < -0.4 is 19.2 Å². The molecule has 188 valence electrons. The number of nitro benzene ring substituents is 1. The van der Waals surface area contributed by atoms with Gasteiger partial charge in [0.15, 0.2) is 5.75 Å². The summed E-state index contributed by atoms with van der Waals surface area (Å²) >= 11 is 0. The Balaban J connectivity index is 1.83. The molecule has 1 N–H and O–H groups in total. The molecule has 36 heavy (non-hydrogen) atoms. The Hall–Kier alpha value is -4.45. The number of sulfonamides is 1. The van der Waals surface area contributed by atoms with Crippen LogP contribution in [0.1, 0.15) is 11.1 Å². The highest BCUT2D eigenvalue weighted by Crippen LogP contribution is 2.27. The van der Waals surface area contributed by atoms with Crippen LogP contribution in [0.2, 0.25) is 0 Å². The molecule has 3 aromatic rings. The van der Waals surface area contributed by atoms with Crippen molar-refractivity contribution in [2.75, 3.05) is 25.1 Å². The van der Waals surface area contributed by atoms with E-state index < -0.39 is 27.4 Å². The minimum atomic E-state index is -4.09. The molecule has 0 aromatic heterocycles. The van der Waals surface area contributed by atoms with Gasteiger partial charge in [-0.1, -0.05) is 17.7 Å². The molecule has 0 fully saturated rings. The van der Waals surface area contributed by atoms with Crippen LogP contribution in [0.4, 0.5) is 11.4 Å². The van der Waals surface area contributed by atoms with Crippen LogP contribution in [0.15, 0.2) is 76.7 Å². The highest BCUT2D eigenvalue weighted by Gasteiger charge is 2.27. The molecule has 0 heterocycles. The van der Waals surface area contributed by atoms with Gasteiger partial charge in [0, 0.05) is 11.6 Å². The first-order chi connectivity index (χ1) is 17.1. The molecule has 0 saturated carbocycles. The van der Waals surface area contributed by atoms with Gasteiger partial charge in [0.25, 0.3) is 15.9 Å². The average Bonchev–Trinajstić information content (AvgIpc) is 2.87. The van der Waals surface area contributed by atoms with Gasteiger partial charge in [-0.25, -0.2) is 13.8 Å². The zero-order valence-corrected chi connectivity index (χ0v) is 20.6. The smallest absolute Gasteiger partial charge is 0.311 e. The lowest BCUT2D eigenvalue weighted by Crippen LogP contribution is -2.39. The molecule has 0 aliphatic carbocycles. The minimum Gasteiger partial charge on any atom is -0.497 e. The second-order valence-electron chi connectivity index (χ2n) is 7.50. The molecule has 0 bridgehead atoms. The molecule has 3 rings (SSSR count). The van der Waals surface area contributed by atoms with Gasteiger partial charge in [0.05, 0.1) is 35.9 Å². The highest BCUT2D eigenvalue weighted by atomic mass is 32.2. The number of carbonyl (C=O) groups excluding carboxylic acids is 1. The Morgan fingerprint density at radius 3 is 2.31 bits per heavy atom. The lowest BCUT2D eigenvalue weighted by atomic mass is 10.2. The first kappa shape index (κ1) is 26.2. The van der Waals surface area contributed by atoms with Crippen molar-refractivity contribution in [1.29, 1.82) is 0 Å². The van der Waals surface area contributed by atoms with Crippen LogP contribution >= 0.6 is 0 Å². The van der Waals surface area contributed by atoms with Crippen molar-refractivity contribution in [2.24, 2.45) is 5.10 Å². The molecule has 12 heteroatoms. The van der Waals surface area contributed by atoms with E-state index in [9.17, 15) is 23.3 Å². The van der Waals surface area contributed by atoms with Crippen molar-refractivity contribution in [3.8, 4) is 11.5 Å². The standard InChI is InChI=1S/C24H24N4O7S/c1-17-4-11-21(12-5-17)36(32,33)27(19-7-9-20(34-2)10-8-19)16-24(29)26-25-15-18-6-13-23(35-3)22(14-18)28(30)31/h4-15H,16H2,1-3H3,(H,26,29)/b25-15-. The maximum atomic E-state index is 13.4. The molecular formula is C24H24N4O7S. The van der Waals surface area contributed by atoms with E-state index in [0.29, 0.717) is 11.3 Å². The Bertz CT molecular complexity index is 1370. The first-order valence-corrected chi connectivity index (χ1v) is 12.0. The van der Waals surface area contributed by atoms with Crippen LogP contribution in [0.25, 0.3) is 0 Å². The third kappa shape index (κ3) is 6.16. The quantitative estimate of drug-likeness (QED) is 0.250. The fraction of sp³-hybridized carbons (Fsp3) is 0.167. The number of methoxy groups -OCH3 is 2. The number of ether oxygens (including phenoxy) is 2. The van der Waals surface area contributed by atoms with Crippen molar-refractivity contribution >= 4 is 33.5 Å². The predicted molar refractivity (Wildman–Crippen MR) is 134 cm³/mol. The first-order valence-electron chi connectivity index (χ1n) is 10.5. The number of anilines is 1. The number of hydrazone groups is 1. The zero-order valence-electron chi connectivity index (χ0n) is 19.7. The van der Waals surface area contributed by atoms with Crippen molar-refractivity contribution in [2.45, 2.75) is 11.8 Å². The number of nitrogens with one attached hydrogen (secondary N) is 1. The van der Waals surface area contributed by atoms with Gasteiger partial charge < -0.3 is 9.47 Å². The summed E-state index contributed by atoms with van der Waals surface area (Å²) in [7, 11) is -1.29. The fourth-order valence-electron chi connectivity index (χ4n) is 3.18. The number of nitrogens with zero attached hydrogens (tertiary/aromatic N) is 3. The Morgan fingerprint density at radius 2 is 1.72 bits per heavy atom. The van der Waals surface area contributed by atoms with Crippen molar-refractivity contribution in [1.82, 2.24) is 5.43 Å². The topological polar surface area (TPSA) is 140 Å². The van der Waals surface area contributed by atoms with Gasteiger partial charge in [0.1, 0.15) is 12.3 Å². The lowest BCUT2D eigenvalue weighted by molar-refractivity contribution is -0.385.